The molecule has 0 aliphatic carbocycles. The first-order valence-electron chi connectivity index (χ1n) is 10.1. The van der Waals surface area contributed by atoms with Gasteiger partial charge < -0.3 is 25.4 Å². The molecular weight excluding hydrogens is 372 g/mol. The van der Waals surface area contributed by atoms with Crippen LogP contribution in [-0.2, 0) is 17.8 Å². The summed E-state index contributed by atoms with van der Waals surface area (Å²) in [6.07, 6.45) is 2.92. The van der Waals surface area contributed by atoms with Gasteiger partial charge in [0, 0.05) is 25.3 Å². The molecular formula is C20H28N6O3. The molecule has 2 aliphatic rings. The summed E-state index contributed by atoms with van der Waals surface area (Å²) in [5.74, 6) is -0.272. The molecule has 0 saturated carbocycles. The zero-order valence-corrected chi connectivity index (χ0v) is 16.5. The second-order valence-corrected chi connectivity index (χ2v) is 7.72. The number of amides is 1. The van der Waals surface area contributed by atoms with Crippen LogP contribution in [0.15, 0.2) is 30.5 Å². The van der Waals surface area contributed by atoms with Gasteiger partial charge in [-0.15, -0.1) is 5.10 Å². The molecule has 0 bridgehead atoms. The van der Waals surface area contributed by atoms with Gasteiger partial charge in [0.05, 0.1) is 31.6 Å². The number of aliphatic hydroxyl groups is 1. The Hall–Kier alpha value is -2.49. The third kappa shape index (κ3) is 5.11. The number of morpholine rings is 1. The van der Waals surface area contributed by atoms with E-state index in [1.165, 1.54) is 5.69 Å². The van der Waals surface area contributed by atoms with E-state index in [9.17, 15) is 9.90 Å². The van der Waals surface area contributed by atoms with Crippen molar-refractivity contribution in [1.82, 2.24) is 25.6 Å². The molecule has 9 heteroatoms. The number of hydrogen-bond donors (Lipinski definition) is 3. The Labute approximate surface area is 170 Å². The number of rotatable bonds is 6. The summed E-state index contributed by atoms with van der Waals surface area (Å²) in [5.41, 5.74) is 1.65. The summed E-state index contributed by atoms with van der Waals surface area (Å²) in [6, 6.07) is 8.19. The molecule has 1 aromatic heterocycles. The van der Waals surface area contributed by atoms with Crippen molar-refractivity contribution in [2.45, 2.75) is 31.5 Å². The second-order valence-electron chi connectivity index (χ2n) is 7.72. The van der Waals surface area contributed by atoms with Gasteiger partial charge in [0.2, 0.25) is 0 Å². The SMILES string of the molecule is O=C(NCc1ccc(N2CCOCC2)cc1)c1cn(CC2(O)CCNCC2)nn1. The minimum Gasteiger partial charge on any atom is -0.388 e. The van der Waals surface area contributed by atoms with Gasteiger partial charge >= 0.3 is 0 Å². The highest BCUT2D eigenvalue weighted by Crippen LogP contribution is 2.20. The first kappa shape index (κ1) is 19.8. The maximum absolute atomic E-state index is 12.4. The lowest BCUT2D eigenvalue weighted by Crippen LogP contribution is -2.44. The van der Waals surface area contributed by atoms with Crippen molar-refractivity contribution in [1.29, 1.82) is 0 Å². The first-order valence-corrected chi connectivity index (χ1v) is 10.1. The predicted octanol–water partition coefficient (Wildman–Crippen LogP) is 0.159. The van der Waals surface area contributed by atoms with E-state index in [0.717, 1.165) is 45.0 Å². The average Bonchev–Trinajstić information content (AvgIpc) is 3.21. The number of ether oxygens (including phenoxy) is 1. The van der Waals surface area contributed by atoms with Crippen LogP contribution in [0.25, 0.3) is 0 Å². The molecule has 3 N–H and O–H groups in total. The summed E-state index contributed by atoms with van der Waals surface area (Å²) in [6.45, 7) is 5.64. The number of nitrogens with zero attached hydrogens (tertiary/aromatic N) is 4. The number of hydrogen-bond acceptors (Lipinski definition) is 7. The highest BCUT2D eigenvalue weighted by Gasteiger charge is 2.30. The van der Waals surface area contributed by atoms with Crippen molar-refractivity contribution in [2.75, 3.05) is 44.3 Å². The van der Waals surface area contributed by atoms with Crippen molar-refractivity contribution in [3.8, 4) is 0 Å². The Morgan fingerprint density at radius 3 is 2.66 bits per heavy atom. The van der Waals surface area contributed by atoms with Crippen LogP contribution in [0, 0.1) is 0 Å². The smallest absolute Gasteiger partial charge is 0.273 e. The molecule has 2 saturated heterocycles. The summed E-state index contributed by atoms with van der Waals surface area (Å²) in [5, 5.41) is 24.7. The molecule has 2 aromatic rings. The van der Waals surface area contributed by atoms with Gasteiger partial charge in [0.25, 0.3) is 5.91 Å². The molecule has 2 aliphatic heterocycles. The van der Waals surface area contributed by atoms with E-state index in [4.69, 9.17) is 4.74 Å². The molecule has 1 amide bonds. The molecule has 29 heavy (non-hydrogen) atoms. The van der Waals surface area contributed by atoms with Crippen molar-refractivity contribution < 1.29 is 14.6 Å². The van der Waals surface area contributed by atoms with Crippen LogP contribution in [0.2, 0.25) is 0 Å². The van der Waals surface area contributed by atoms with Crippen LogP contribution in [0.3, 0.4) is 0 Å². The van der Waals surface area contributed by atoms with Gasteiger partial charge in [-0.2, -0.15) is 0 Å². The molecule has 0 unspecified atom stereocenters. The summed E-state index contributed by atoms with van der Waals surface area (Å²) >= 11 is 0. The number of aromatic nitrogens is 3. The number of carbonyl (C=O) groups is 1. The van der Waals surface area contributed by atoms with Gasteiger partial charge in [-0.1, -0.05) is 17.3 Å². The van der Waals surface area contributed by atoms with E-state index in [2.05, 4.69) is 38.0 Å². The number of benzene rings is 1. The normalized spacial score (nSPS) is 19.1. The molecule has 0 spiro atoms. The van der Waals surface area contributed by atoms with Crippen LogP contribution in [0.4, 0.5) is 5.69 Å². The number of carbonyl (C=O) groups excluding carboxylic acids is 1. The topological polar surface area (TPSA) is 105 Å². The summed E-state index contributed by atoms with van der Waals surface area (Å²) < 4.78 is 6.94. The minimum absolute atomic E-state index is 0.257. The second kappa shape index (κ2) is 8.89. The van der Waals surface area contributed by atoms with E-state index in [1.807, 2.05) is 12.1 Å². The largest absolute Gasteiger partial charge is 0.388 e. The van der Waals surface area contributed by atoms with Crippen LogP contribution in [-0.4, -0.2) is 71.0 Å². The van der Waals surface area contributed by atoms with E-state index in [-0.39, 0.29) is 11.6 Å². The fraction of sp³-hybridized carbons (Fsp3) is 0.550. The van der Waals surface area contributed by atoms with Crippen molar-refractivity contribution in [3.05, 3.63) is 41.7 Å². The fourth-order valence-electron chi connectivity index (χ4n) is 3.75. The van der Waals surface area contributed by atoms with E-state index in [0.29, 0.717) is 25.9 Å². The number of nitrogens with one attached hydrogen (secondary N) is 2. The zero-order valence-electron chi connectivity index (χ0n) is 16.5. The van der Waals surface area contributed by atoms with Crippen molar-refractivity contribution >= 4 is 11.6 Å². The lowest BCUT2D eigenvalue weighted by atomic mass is 9.92. The minimum atomic E-state index is -0.797. The van der Waals surface area contributed by atoms with Gasteiger partial charge in [0.1, 0.15) is 0 Å². The van der Waals surface area contributed by atoms with E-state index >= 15 is 0 Å². The Morgan fingerprint density at radius 1 is 1.21 bits per heavy atom. The zero-order chi connectivity index (χ0) is 20.1. The maximum atomic E-state index is 12.4. The number of anilines is 1. The van der Waals surface area contributed by atoms with Gasteiger partial charge in [-0.05, 0) is 43.6 Å². The third-order valence-corrected chi connectivity index (χ3v) is 5.53. The van der Waals surface area contributed by atoms with Crippen LogP contribution in [0.1, 0.15) is 28.9 Å². The summed E-state index contributed by atoms with van der Waals surface area (Å²) in [4.78, 5) is 14.7. The molecule has 2 fully saturated rings. The van der Waals surface area contributed by atoms with Crippen LogP contribution < -0.4 is 15.5 Å². The van der Waals surface area contributed by atoms with Gasteiger partial charge in [0.15, 0.2) is 5.69 Å². The Morgan fingerprint density at radius 2 is 1.93 bits per heavy atom. The van der Waals surface area contributed by atoms with Gasteiger partial charge in [-0.25, -0.2) is 4.68 Å². The fourth-order valence-corrected chi connectivity index (χ4v) is 3.75. The lowest BCUT2D eigenvalue weighted by Gasteiger charge is -2.32. The Balaban J connectivity index is 1.29. The van der Waals surface area contributed by atoms with E-state index < -0.39 is 5.60 Å². The van der Waals surface area contributed by atoms with Crippen molar-refractivity contribution in [2.24, 2.45) is 0 Å². The van der Waals surface area contributed by atoms with Crippen molar-refractivity contribution in [3.63, 3.8) is 0 Å². The molecule has 3 heterocycles. The Kier molecular flexibility index (Phi) is 6.08. The van der Waals surface area contributed by atoms with Crippen LogP contribution >= 0.6 is 0 Å². The molecule has 156 valence electrons. The monoisotopic (exact) mass is 400 g/mol. The highest BCUT2D eigenvalue weighted by molar-refractivity contribution is 5.91. The number of piperidine rings is 1. The lowest BCUT2D eigenvalue weighted by molar-refractivity contribution is -0.00866. The molecule has 4 rings (SSSR count). The maximum Gasteiger partial charge on any atom is 0.273 e. The first-order chi connectivity index (χ1) is 14.1. The molecule has 0 radical (unpaired) electrons. The standard InChI is InChI=1S/C20H28N6O3/c27-19(18-14-26(24-23-18)15-20(28)5-7-21-8-6-20)22-13-16-1-3-17(4-2-16)25-9-11-29-12-10-25/h1-4,14,21,28H,5-13,15H2,(H,22,27). The predicted molar refractivity (Wildman–Crippen MR) is 108 cm³/mol. The highest BCUT2D eigenvalue weighted by atomic mass is 16.5. The van der Waals surface area contributed by atoms with E-state index in [1.54, 1.807) is 10.9 Å². The molecule has 1 aromatic carbocycles. The molecule has 9 nitrogen and oxygen atoms in total. The quantitative estimate of drug-likeness (QED) is 0.634. The Bertz CT molecular complexity index is 810. The molecule has 0 atom stereocenters. The third-order valence-electron chi connectivity index (χ3n) is 5.53. The van der Waals surface area contributed by atoms with Gasteiger partial charge in [-0.3, -0.25) is 4.79 Å². The van der Waals surface area contributed by atoms with Crippen LogP contribution in [0.5, 0.6) is 0 Å². The average molecular weight is 400 g/mol. The summed E-state index contributed by atoms with van der Waals surface area (Å²) in [7, 11) is 0.